The summed E-state index contributed by atoms with van der Waals surface area (Å²) in [7, 11) is 0. The molecular weight excluding hydrogens is 256 g/mol. The van der Waals surface area contributed by atoms with Crippen LogP contribution in [0.15, 0.2) is 33.5 Å². The summed E-state index contributed by atoms with van der Waals surface area (Å²) >= 11 is 0. The van der Waals surface area contributed by atoms with Crippen molar-refractivity contribution < 1.29 is 9.21 Å². The van der Waals surface area contributed by atoms with Crippen molar-refractivity contribution in [3.8, 4) is 0 Å². The summed E-state index contributed by atoms with van der Waals surface area (Å²) in [5.74, 6) is -0.606. The standard InChI is InChI=1S/C15H18N2O3/c1-10(14(18)16-11-6-2-3-7-11)17-12-8-4-5-9-13(12)20-15(17)19/h4-5,8-11H,2-3,6-7H2,1H3,(H,16,18)/t10-/m0/s1. The maximum absolute atomic E-state index is 12.3. The zero-order chi connectivity index (χ0) is 14.1. The van der Waals surface area contributed by atoms with Crippen LogP contribution in [0, 0.1) is 0 Å². The lowest BCUT2D eigenvalue weighted by Crippen LogP contribution is -2.39. The van der Waals surface area contributed by atoms with E-state index in [0.717, 1.165) is 25.7 Å². The van der Waals surface area contributed by atoms with Crippen LogP contribution in [0.5, 0.6) is 0 Å². The van der Waals surface area contributed by atoms with Gasteiger partial charge in [0.2, 0.25) is 5.91 Å². The number of amides is 1. The molecule has 2 aromatic rings. The number of hydrogen-bond acceptors (Lipinski definition) is 3. The van der Waals surface area contributed by atoms with Gasteiger partial charge in [0.1, 0.15) is 6.04 Å². The number of fused-ring (bicyclic) bond motifs is 1. The smallest absolute Gasteiger partial charge is 0.408 e. The first-order chi connectivity index (χ1) is 9.66. The monoisotopic (exact) mass is 274 g/mol. The Hall–Kier alpha value is -2.04. The quantitative estimate of drug-likeness (QED) is 0.933. The van der Waals surface area contributed by atoms with Gasteiger partial charge in [-0.25, -0.2) is 4.79 Å². The molecule has 0 spiro atoms. The summed E-state index contributed by atoms with van der Waals surface area (Å²) in [6, 6.07) is 6.84. The van der Waals surface area contributed by atoms with Crippen molar-refractivity contribution in [1.29, 1.82) is 0 Å². The van der Waals surface area contributed by atoms with E-state index in [4.69, 9.17) is 4.42 Å². The molecule has 1 heterocycles. The van der Waals surface area contributed by atoms with Gasteiger partial charge in [-0.3, -0.25) is 9.36 Å². The minimum absolute atomic E-state index is 0.120. The predicted octanol–water partition coefficient (Wildman–Crippen LogP) is 2.21. The minimum atomic E-state index is -0.563. The third kappa shape index (κ3) is 2.24. The van der Waals surface area contributed by atoms with Crippen molar-refractivity contribution >= 4 is 17.0 Å². The third-order valence-electron chi connectivity index (χ3n) is 3.99. The van der Waals surface area contributed by atoms with E-state index in [1.165, 1.54) is 4.57 Å². The van der Waals surface area contributed by atoms with Gasteiger partial charge in [-0.2, -0.15) is 0 Å². The molecule has 5 heteroatoms. The molecule has 5 nitrogen and oxygen atoms in total. The van der Waals surface area contributed by atoms with E-state index in [1.807, 2.05) is 6.07 Å². The van der Waals surface area contributed by atoms with Crippen LogP contribution >= 0.6 is 0 Å². The average Bonchev–Trinajstić information content (AvgIpc) is 3.04. The topological polar surface area (TPSA) is 64.2 Å². The molecule has 1 atom stereocenters. The van der Waals surface area contributed by atoms with Crippen LogP contribution in [-0.2, 0) is 4.79 Å². The van der Waals surface area contributed by atoms with Crippen LogP contribution in [0.2, 0.25) is 0 Å². The second-order valence-corrected chi connectivity index (χ2v) is 5.37. The van der Waals surface area contributed by atoms with Crippen LogP contribution in [0.1, 0.15) is 38.6 Å². The zero-order valence-electron chi connectivity index (χ0n) is 11.5. The highest BCUT2D eigenvalue weighted by atomic mass is 16.4. The molecule has 3 rings (SSSR count). The van der Waals surface area contributed by atoms with Crippen LogP contribution in [0.25, 0.3) is 11.1 Å². The van der Waals surface area contributed by atoms with Crippen molar-refractivity contribution in [1.82, 2.24) is 9.88 Å². The molecule has 0 radical (unpaired) electrons. The van der Waals surface area contributed by atoms with E-state index in [2.05, 4.69) is 5.32 Å². The van der Waals surface area contributed by atoms with Crippen LogP contribution in [0.4, 0.5) is 0 Å². The zero-order valence-corrected chi connectivity index (χ0v) is 11.5. The Morgan fingerprint density at radius 1 is 1.35 bits per heavy atom. The second-order valence-electron chi connectivity index (χ2n) is 5.37. The number of nitrogens with one attached hydrogen (secondary N) is 1. The van der Waals surface area contributed by atoms with Gasteiger partial charge in [-0.15, -0.1) is 0 Å². The fraction of sp³-hybridized carbons (Fsp3) is 0.467. The third-order valence-corrected chi connectivity index (χ3v) is 3.99. The molecular formula is C15H18N2O3. The highest BCUT2D eigenvalue weighted by molar-refractivity contribution is 5.83. The summed E-state index contributed by atoms with van der Waals surface area (Å²) in [5.41, 5.74) is 1.17. The van der Waals surface area contributed by atoms with E-state index >= 15 is 0 Å². The Bertz CT molecular complexity index is 680. The van der Waals surface area contributed by atoms with Crippen molar-refractivity contribution in [3.63, 3.8) is 0 Å². The van der Waals surface area contributed by atoms with Crippen LogP contribution in [0.3, 0.4) is 0 Å². The van der Waals surface area contributed by atoms with E-state index in [1.54, 1.807) is 25.1 Å². The molecule has 1 aliphatic rings. The van der Waals surface area contributed by atoms with E-state index < -0.39 is 11.8 Å². The SMILES string of the molecule is C[C@@H](C(=O)NC1CCCC1)n1c(=O)oc2ccccc21. The molecule has 1 N–H and O–H groups in total. The van der Waals surface area contributed by atoms with Gasteiger partial charge in [0.15, 0.2) is 5.58 Å². The molecule has 1 aromatic heterocycles. The van der Waals surface area contributed by atoms with Crippen LogP contribution in [-0.4, -0.2) is 16.5 Å². The van der Waals surface area contributed by atoms with E-state index in [9.17, 15) is 9.59 Å². The lowest BCUT2D eigenvalue weighted by atomic mass is 10.2. The molecule has 0 bridgehead atoms. The summed E-state index contributed by atoms with van der Waals surface area (Å²) in [5, 5.41) is 3.02. The Labute approximate surface area is 116 Å². The maximum Gasteiger partial charge on any atom is 0.420 e. The summed E-state index contributed by atoms with van der Waals surface area (Å²) in [6.07, 6.45) is 4.38. The Morgan fingerprint density at radius 3 is 2.80 bits per heavy atom. The Balaban J connectivity index is 1.87. The largest absolute Gasteiger partial charge is 0.420 e. The van der Waals surface area contributed by atoms with Gasteiger partial charge < -0.3 is 9.73 Å². The van der Waals surface area contributed by atoms with E-state index in [-0.39, 0.29) is 11.9 Å². The number of oxazole rings is 1. The van der Waals surface area contributed by atoms with Crippen LogP contribution < -0.4 is 11.1 Å². The maximum atomic E-state index is 12.3. The number of rotatable bonds is 3. The molecule has 0 saturated heterocycles. The molecule has 1 saturated carbocycles. The highest BCUT2D eigenvalue weighted by Crippen LogP contribution is 2.20. The minimum Gasteiger partial charge on any atom is -0.408 e. The van der Waals surface area contributed by atoms with Crippen molar-refractivity contribution in [2.24, 2.45) is 0 Å². The van der Waals surface area contributed by atoms with Gasteiger partial charge in [0.25, 0.3) is 0 Å². The van der Waals surface area contributed by atoms with Gasteiger partial charge >= 0.3 is 5.76 Å². The Morgan fingerprint density at radius 2 is 2.05 bits per heavy atom. The number of para-hydroxylation sites is 2. The van der Waals surface area contributed by atoms with Crippen molar-refractivity contribution in [2.75, 3.05) is 0 Å². The molecule has 106 valence electrons. The molecule has 20 heavy (non-hydrogen) atoms. The summed E-state index contributed by atoms with van der Waals surface area (Å²) in [6.45, 7) is 1.73. The van der Waals surface area contributed by atoms with Gasteiger partial charge in [0.05, 0.1) is 5.52 Å². The lowest BCUT2D eigenvalue weighted by Gasteiger charge is -2.17. The lowest BCUT2D eigenvalue weighted by molar-refractivity contribution is -0.124. The number of nitrogens with zero attached hydrogens (tertiary/aromatic N) is 1. The summed E-state index contributed by atoms with van der Waals surface area (Å²) < 4.78 is 6.58. The first-order valence-corrected chi connectivity index (χ1v) is 7.07. The second kappa shape index (κ2) is 5.15. The molecule has 1 aliphatic carbocycles. The number of benzene rings is 1. The summed E-state index contributed by atoms with van der Waals surface area (Å²) in [4.78, 5) is 24.2. The van der Waals surface area contributed by atoms with Gasteiger partial charge in [-0.05, 0) is 31.9 Å². The fourth-order valence-corrected chi connectivity index (χ4v) is 2.86. The number of carbonyl (C=O) groups is 1. The molecule has 1 amide bonds. The van der Waals surface area contributed by atoms with Gasteiger partial charge in [0, 0.05) is 6.04 Å². The first-order valence-electron chi connectivity index (χ1n) is 7.07. The number of hydrogen-bond donors (Lipinski definition) is 1. The van der Waals surface area contributed by atoms with Crippen molar-refractivity contribution in [2.45, 2.75) is 44.7 Å². The fourth-order valence-electron chi connectivity index (χ4n) is 2.86. The van der Waals surface area contributed by atoms with E-state index in [0.29, 0.717) is 11.1 Å². The number of carbonyl (C=O) groups excluding carboxylic acids is 1. The highest BCUT2D eigenvalue weighted by Gasteiger charge is 2.24. The van der Waals surface area contributed by atoms with Gasteiger partial charge in [-0.1, -0.05) is 25.0 Å². The molecule has 1 fully saturated rings. The van der Waals surface area contributed by atoms with Crippen molar-refractivity contribution in [3.05, 3.63) is 34.8 Å². The molecule has 1 aromatic carbocycles. The average molecular weight is 274 g/mol. The molecule has 0 unspecified atom stereocenters. The number of aromatic nitrogens is 1. The first kappa shape index (κ1) is 13.0. The Kier molecular flexibility index (Phi) is 3.34. The normalized spacial score (nSPS) is 17.4. The predicted molar refractivity (Wildman–Crippen MR) is 75.6 cm³/mol. The molecule has 0 aliphatic heterocycles.